The Kier molecular flexibility index (Phi) is 9.43. The lowest BCUT2D eigenvalue weighted by Crippen LogP contribution is -2.64. The van der Waals surface area contributed by atoms with Crippen molar-refractivity contribution in [1.29, 1.82) is 0 Å². The van der Waals surface area contributed by atoms with Crippen molar-refractivity contribution < 1.29 is 28.7 Å². The van der Waals surface area contributed by atoms with Gasteiger partial charge in [0.25, 0.3) is 5.91 Å². The summed E-state index contributed by atoms with van der Waals surface area (Å²) in [6.45, 7) is 15.4. The van der Waals surface area contributed by atoms with Gasteiger partial charge in [-0.2, -0.15) is 4.98 Å². The number of hydrogen-bond donors (Lipinski definition) is 1. The molecule has 13 heteroatoms. The van der Waals surface area contributed by atoms with Crippen molar-refractivity contribution in [3.8, 4) is 5.69 Å². The molecular formula is C32H44N6O7. The molecule has 244 valence electrons. The zero-order chi connectivity index (χ0) is 33.3. The molecule has 0 unspecified atom stereocenters. The first-order chi connectivity index (χ1) is 20.9. The van der Waals surface area contributed by atoms with Crippen molar-refractivity contribution in [2.24, 2.45) is 5.41 Å². The van der Waals surface area contributed by atoms with E-state index in [2.05, 4.69) is 10.3 Å². The van der Waals surface area contributed by atoms with Crippen molar-refractivity contribution in [1.82, 2.24) is 24.3 Å². The average molecular weight is 625 g/mol. The molecule has 13 nitrogen and oxygen atoms in total. The lowest BCUT2D eigenvalue weighted by Gasteiger charge is -2.43. The van der Waals surface area contributed by atoms with Crippen LogP contribution in [0, 0.1) is 5.41 Å². The van der Waals surface area contributed by atoms with Gasteiger partial charge in [0.15, 0.2) is 0 Å². The molecular weight excluding hydrogens is 580 g/mol. The van der Waals surface area contributed by atoms with E-state index in [4.69, 9.17) is 9.47 Å². The van der Waals surface area contributed by atoms with Crippen LogP contribution in [-0.2, 0) is 25.5 Å². The summed E-state index contributed by atoms with van der Waals surface area (Å²) < 4.78 is 13.1. The molecule has 2 fully saturated rings. The second-order valence-corrected chi connectivity index (χ2v) is 13.9. The standard InChI is InChI=1S/C32H44N6O7/c1-21(39)19-22-9-11-23(12-10-22)37-14-13-24(34-28(37)42)33-27(41)36-17-15-35(16-18-36)25(40)32(8)20-44-26(30(2,3)4)38(32)29(43)45-31(5,6)7/h9-14,26H,15-20H2,1-8H3,(H,33,34,41,42)/t26-,32+/m1/s1. The van der Waals surface area contributed by atoms with E-state index in [0.29, 0.717) is 12.1 Å². The number of ether oxygens (including phenoxy) is 2. The highest BCUT2D eigenvalue weighted by molar-refractivity contribution is 5.91. The number of piperazine rings is 1. The summed E-state index contributed by atoms with van der Waals surface area (Å²) in [6.07, 6.45) is 0.555. The van der Waals surface area contributed by atoms with E-state index < -0.39 is 40.6 Å². The zero-order valence-corrected chi connectivity index (χ0v) is 27.4. The third-order valence-corrected chi connectivity index (χ3v) is 7.64. The monoisotopic (exact) mass is 624 g/mol. The predicted molar refractivity (Wildman–Crippen MR) is 167 cm³/mol. The molecule has 0 saturated carbocycles. The number of carbonyl (C=O) groups is 4. The molecule has 2 atom stereocenters. The normalized spacial score (nSPS) is 20.6. The Morgan fingerprint density at radius 3 is 2.11 bits per heavy atom. The first-order valence-corrected chi connectivity index (χ1v) is 15.1. The van der Waals surface area contributed by atoms with Crippen molar-refractivity contribution in [3.05, 3.63) is 52.6 Å². The topological polar surface area (TPSA) is 143 Å². The molecule has 2 aliphatic heterocycles. The van der Waals surface area contributed by atoms with Gasteiger partial charge in [-0.15, -0.1) is 0 Å². The number of rotatable bonds is 5. The van der Waals surface area contributed by atoms with Crippen LogP contribution in [0.5, 0.6) is 0 Å². The summed E-state index contributed by atoms with van der Waals surface area (Å²) in [6, 6.07) is 8.10. The molecule has 0 aliphatic carbocycles. The molecule has 1 aromatic carbocycles. The molecule has 2 aliphatic rings. The van der Waals surface area contributed by atoms with Gasteiger partial charge in [-0.3, -0.25) is 24.4 Å². The number of aromatic nitrogens is 2. The Morgan fingerprint density at radius 2 is 1.58 bits per heavy atom. The van der Waals surface area contributed by atoms with Crippen LogP contribution >= 0.6 is 0 Å². The molecule has 1 N–H and O–H groups in total. The van der Waals surface area contributed by atoms with Crippen molar-refractivity contribution >= 4 is 29.6 Å². The summed E-state index contributed by atoms with van der Waals surface area (Å²) in [5, 5.41) is 2.67. The van der Waals surface area contributed by atoms with Gasteiger partial charge < -0.3 is 19.3 Å². The highest BCUT2D eigenvalue weighted by Crippen LogP contribution is 2.39. The molecule has 1 aromatic heterocycles. The second-order valence-electron chi connectivity index (χ2n) is 13.9. The van der Waals surface area contributed by atoms with Crippen LogP contribution in [0.25, 0.3) is 5.69 Å². The number of hydrogen-bond acceptors (Lipinski definition) is 8. The SMILES string of the molecule is CC(=O)Cc1ccc(-n2ccc(NC(=O)N3CCN(C(=O)[C@]4(C)CO[C@H](C(C)(C)C)N4C(=O)OC(C)(C)C)CC3)nc2=O)cc1. The Balaban J connectivity index is 1.39. The van der Waals surface area contributed by atoms with Crippen molar-refractivity contribution in [3.63, 3.8) is 0 Å². The van der Waals surface area contributed by atoms with Gasteiger partial charge in [-0.1, -0.05) is 32.9 Å². The quantitative estimate of drug-likeness (QED) is 0.533. The summed E-state index contributed by atoms with van der Waals surface area (Å²) in [5.74, 6) is -0.129. The maximum absolute atomic E-state index is 13.9. The van der Waals surface area contributed by atoms with Gasteiger partial charge in [-0.25, -0.2) is 14.4 Å². The molecule has 4 amide bonds. The number of urea groups is 1. The Bertz CT molecular complexity index is 1500. The van der Waals surface area contributed by atoms with Gasteiger partial charge in [-0.05, 0) is 58.4 Å². The second kappa shape index (κ2) is 12.6. The smallest absolute Gasteiger partial charge is 0.413 e. The number of Topliss-reactive ketones (excluding diaryl/α,β-unsaturated/α-hetero) is 1. The Labute approximate surface area is 263 Å². The summed E-state index contributed by atoms with van der Waals surface area (Å²) in [4.78, 5) is 73.0. The fraction of sp³-hybridized carbons (Fsp3) is 0.562. The minimum absolute atomic E-state index is 0.0213. The molecule has 3 heterocycles. The summed E-state index contributed by atoms with van der Waals surface area (Å²) >= 11 is 0. The van der Waals surface area contributed by atoms with Crippen LogP contribution in [0.4, 0.5) is 15.4 Å². The van der Waals surface area contributed by atoms with Gasteiger partial charge in [0.2, 0.25) is 0 Å². The molecule has 2 aromatic rings. The van der Waals surface area contributed by atoms with Gasteiger partial charge in [0, 0.05) is 44.2 Å². The van der Waals surface area contributed by atoms with Gasteiger partial charge in [0.1, 0.15) is 29.0 Å². The lowest BCUT2D eigenvalue weighted by atomic mass is 9.91. The Morgan fingerprint density at radius 1 is 0.978 bits per heavy atom. The summed E-state index contributed by atoms with van der Waals surface area (Å²) in [7, 11) is 0. The zero-order valence-electron chi connectivity index (χ0n) is 27.4. The highest BCUT2D eigenvalue weighted by Gasteiger charge is 2.57. The maximum atomic E-state index is 13.9. The van der Waals surface area contributed by atoms with Gasteiger partial charge >= 0.3 is 17.8 Å². The fourth-order valence-electron chi connectivity index (χ4n) is 5.43. The van der Waals surface area contributed by atoms with Crippen LogP contribution in [0.1, 0.15) is 61.0 Å². The predicted octanol–water partition coefficient (Wildman–Crippen LogP) is 3.44. The van der Waals surface area contributed by atoms with E-state index in [1.165, 1.54) is 28.7 Å². The molecule has 0 bridgehead atoms. The van der Waals surface area contributed by atoms with Crippen LogP contribution in [0.3, 0.4) is 0 Å². The number of nitrogens with one attached hydrogen (secondary N) is 1. The van der Waals surface area contributed by atoms with E-state index in [1.54, 1.807) is 61.8 Å². The minimum atomic E-state index is -1.29. The molecule has 0 radical (unpaired) electrons. The largest absolute Gasteiger partial charge is 0.444 e. The van der Waals surface area contributed by atoms with Crippen LogP contribution < -0.4 is 11.0 Å². The number of ketones is 1. The molecule has 0 spiro atoms. The third kappa shape index (κ3) is 7.70. The van der Waals surface area contributed by atoms with Crippen molar-refractivity contribution in [2.45, 2.75) is 79.2 Å². The number of anilines is 1. The number of benzene rings is 1. The van der Waals surface area contributed by atoms with E-state index >= 15 is 0 Å². The fourth-order valence-corrected chi connectivity index (χ4v) is 5.43. The van der Waals surface area contributed by atoms with E-state index in [-0.39, 0.29) is 50.3 Å². The first kappa shape index (κ1) is 33.6. The lowest BCUT2D eigenvalue weighted by molar-refractivity contribution is -0.144. The van der Waals surface area contributed by atoms with E-state index in [9.17, 15) is 24.0 Å². The van der Waals surface area contributed by atoms with Crippen LogP contribution in [0.15, 0.2) is 41.3 Å². The number of amides is 4. The van der Waals surface area contributed by atoms with E-state index in [1.807, 2.05) is 20.8 Å². The highest BCUT2D eigenvalue weighted by atomic mass is 16.6. The number of nitrogens with zero attached hydrogens (tertiary/aromatic N) is 5. The third-order valence-electron chi connectivity index (χ3n) is 7.64. The average Bonchev–Trinajstić information content (AvgIpc) is 3.31. The molecule has 4 rings (SSSR count). The molecule has 2 saturated heterocycles. The van der Waals surface area contributed by atoms with Crippen LogP contribution in [0.2, 0.25) is 0 Å². The van der Waals surface area contributed by atoms with Crippen LogP contribution in [-0.4, -0.2) is 98.2 Å². The van der Waals surface area contributed by atoms with Crippen molar-refractivity contribution in [2.75, 3.05) is 38.1 Å². The van der Waals surface area contributed by atoms with E-state index in [0.717, 1.165) is 5.56 Å². The maximum Gasteiger partial charge on any atom is 0.413 e. The number of carbonyl (C=O) groups excluding carboxylic acids is 4. The Hall–Kier alpha value is -4.26. The summed E-state index contributed by atoms with van der Waals surface area (Å²) in [5.41, 5.74) is -1.66. The van der Waals surface area contributed by atoms with Gasteiger partial charge in [0.05, 0.1) is 12.3 Å². The first-order valence-electron chi connectivity index (χ1n) is 15.1. The minimum Gasteiger partial charge on any atom is -0.444 e. The molecule has 45 heavy (non-hydrogen) atoms.